The van der Waals surface area contributed by atoms with Gasteiger partial charge in [0.25, 0.3) is 0 Å². The summed E-state index contributed by atoms with van der Waals surface area (Å²) in [5, 5.41) is 3.67. The van der Waals surface area contributed by atoms with Gasteiger partial charge >= 0.3 is 5.97 Å². The number of amides is 1. The summed E-state index contributed by atoms with van der Waals surface area (Å²) in [6.07, 6.45) is 0. The van der Waals surface area contributed by atoms with Gasteiger partial charge in [-0.25, -0.2) is 4.79 Å². The van der Waals surface area contributed by atoms with Crippen molar-refractivity contribution in [1.29, 1.82) is 0 Å². The highest BCUT2D eigenvalue weighted by atomic mass is 35.5. The van der Waals surface area contributed by atoms with Gasteiger partial charge in [0.15, 0.2) is 11.5 Å². The van der Waals surface area contributed by atoms with Crippen molar-refractivity contribution in [2.24, 2.45) is 0 Å². The van der Waals surface area contributed by atoms with Crippen molar-refractivity contribution in [2.75, 3.05) is 32.4 Å². The summed E-state index contributed by atoms with van der Waals surface area (Å²) >= 11 is 13.3. The molecule has 2 aromatic carbocycles. The molecular weight excluding hydrogens is 425 g/mol. The molecule has 0 radical (unpaired) electrons. The average molecular weight is 444 g/mol. The molecule has 0 unspecified atom stereocenters. The van der Waals surface area contributed by atoms with Crippen LogP contribution >= 0.6 is 35.0 Å². The molecule has 6 nitrogen and oxygen atoms in total. The average Bonchev–Trinajstić information content (AvgIpc) is 2.69. The molecule has 150 valence electrons. The van der Waals surface area contributed by atoms with E-state index in [1.54, 1.807) is 12.1 Å². The highest BCUT2D eigenvalue weighted by Crippen LogP contribution is 2.34. The number of benzene rings is 2. The number of methoxy groups -OCH3 is 3. The van der Waals surface area contributed by atoms with Gasteiger partial charge in [0.2, 0.25) is 5.91 Å². The molecular formula is C19H19Cl2NO5S. The fourth-order valence-electron chi connectivity index (χ4n) is 2.34. The van der Waals surface area contributed by atoms with E-state index < -0.39 is 5.97 Å². The third-order valence-corrected chi connectivity index (χ3v) is 5.43. The maximum atomic E-state index is 12.3. The summed E-state index contributed by atoms with van der Waals surface area (Å²) in [6, 6.07) is 8.31. The normalized spacial score (nSPS) is 10.3. The molecule has 0 aliphatic heterocycles. The third-order valence-electron chi connectivity index (χ3n) is 3.69. The van der Waals surface area contributed by atoms with Crippen LogP contribution in [0.15, 0.2) is 30.3 Å². The third kappa shape index (κ3) is 5.70. The highest BCUT2D eigenvalue weighted by Gasteiger charge is 2.19. The van der Waals surface area contributed by atoms with Crippen LogP contribution in [0.25, 0.3) is 0 Å². The number of anilines is 1. The lowest BCUT2D eigenvalue weighted by molar-refractivity contribution is -0.113. The number of esters is 1. The van der Waals surface area contributed by atoms with Crippen molar-refractivity contribution in [3.8, 4) is 11.5 Å². The lowest BCUT2D eigenvalue weighted by Crippen LogP contribution is -2.17. The Kier molecular flexibility index (Phi) is 8.29. The topological polar surface area (TPSA) is 73.9 Å². The molecule has 0 aromatic heterocycles. The minimum absolute atomic E-state index is 0.169. The van der Waals surface area contributed by atoms with Crippen LogP contribution < -0.4 is 14.8 Å². The number of hydrogen-bond donors (Lipinski definition) is 1. The monoisotopic (exact) mass is 443 g/mol. The summed E-state index contributed by atoms with van der Waals surface area (Å²) in [5.74, 6) is 0.626. The number of thioether (sulfide) groups is 1. The Labute approximate surface area is 177 Å². The van der Waals surface area contributed by atoms with Crippen LogP contribution in [0.3, 0.4) is 0 Å². The maximum absolute atomic E-state index is 12.3. The first kappa shape index (κ1) is 22.2. The SMILES string of the molecule is COC(=O)c1cc(OC)c(OC)cc1NC(=O)CSCc1ccc(Cl)c(Cl)c1. The molecule has 0 aliphatic carbocycles. The number of carbonyl (C=O) groups is 2. The van der Waals surface area contributed by atoms with E-state index in [-0.39, 0.29) is 22.9 Å². The first-order chi connectivity index (χ1) is 13.4. The van der Waals surface area contributed by atoms with Gasteiger partial charge in [0.1, 0.15) is 0 Å². The van der Waals surface area contributed by atoms with Crippen LogP contribution in [0.2, 0.25) is 10.0 Å². The molecule has 9 heteroatoms. The van der Waals surface area contributed by atoms with Crippen molar-refractivity contribution >= 4 is 52.5 Å². The van der Waals surface area contributed by atoms with Crippen molar-refractivity contribution in [1.82, 2.24) is 0 Å². The van der Waals surface area contributed by atoms with E-state index in [9.17, 15) is 9.59 Å². The Morgan fingerprint density at radius 1 is 1.00 bits per heavy atom. The Morgan fingerprint density at radius 3 is 2.29 bits per heavy atom. The van der Waals surface area contributed by atoms with E-state index in [1.807, 2.05) is 6.07 Å². The first-order valence-electron chi connectivity index (χ1n) is 8.05. The van der Waals surface area contributed by atoms with E-state index in [2.05, 4.69) is 5.32 Å². The van der Waals surface area contributed by atoms with Crippen molar-refractivity contribution in [3.05, 3.63) is 51.5 Å². The summed E-state index contributed by atoms with van der Waals surface area (Å²) in [6.45, 7) is 0. The minimum Gasteiger partial charge on any atom is -0.493 e. The van der Waals surface area contributed by atoms with E-state index in [4.69, 9.17) is 37.4 Å². The number of halogens is 2. The standard InChI is InChI=1S/C19H19Cl2NO5S/c1-25-16-7-12(19(24)27-3)15(8-17(16)26-2)22-18(23)10-28-9-11-4-5-13(20)14(21)6-11/h4-8H,9-10H2,1-3H3,(H,22,23). The minimum atomic E-state index is -0.597. The zero-order chi connectivity index (χ0) is 20.7. The second kappa shape index (κ2) is 10.5. The van der Waals surface area contributed by atoms with Gasteiger partial charge in [-0.15, -0.1) is 11.8 Å². The molecule has 0 bridgehead atoms. The van der Waals surface area contributed by atoms with Gasteiger partial charge in [-0.1, -0.05) is 29.3 Å². The van der Waals surface area contributed by atoms with E-state index in [1.165, 1.54) is 45.2 Å². The molecule has 28 heavy (non-hydrogen) atoms. The number of hydrogen-bond acceptors (Lipinski definition) is 6. The van der Waals surface area contributed by atoms with Crippen molar-refractivity contribution in [3.63, 3.8) is 0 Å². The Bertz CT molecular complexity index is 876. The summed E-state index contributed by atoms with van der Waals surface area (Å²) < 4.78 is 15.2. The molecule has 0 aliphatic rings. The lowest BCUT2D eigenvalue weighted by atomic mass is 10.1. The Balaban J connectivity index is 2.07. The largest absolute Gasteiger partial charge is 0.493 e. The van der Waals surface area contributed by atoms with Crippen LogP contribution in [0.5, 0.6) is 11.5 Å². The van der Waals surface area contributed by atoms with Crippen LogP contribution in [0, 0.1) is 0 Å². The predicted octanol–water partition coefficient (Wildman–Crippen LogP) is 4.67. The van der Waals surface area contributed by atoms with E-state index in [0.29, 0.717) is 27.3 Å². The molecule has 0 fully saturated rings. The van der Waals surface area contributed by atoms with Crippen LogP contribution in [0.4, 0.5) is 5.69 Å². The lowest BCUT2D eigenvalue weighted by Gasteiger charge is -2.14. The second-order valence-corrected chi connectivity index (χ2v) is 7.33. The second-order valence-electron chi connectivity index (χ2n) is 5.53. The highest BCUT2D eigenvalue weighted by molar-refractivity contribution is 7.99. The summed E-state index contributed by atoms with van der Waals surface area (Å²) in [5.41, 5.74) is 1.40. The maximum Gasteiger partial charge on any atom is 0.340 e. The molecule has 0 saturated carbocycles. The van der Waals surface area contributed by atoms with Gasteiger partial charge in [-0.3, -0.25) is 4.79 Å². The number of nitrogens with one attached hydrogen (secondary N) is 1. The molecule has 2 rings (SSSR count). The zero-order valence-corrected chi connectivity index (χ0v) is 17.8. The van der Waals surface area contributed by atoms with Crippen LogP contribution in [-0.4, -0.2) is 39.0 Å². The number of rotatable bonds is 8. The quantitative estimate of drug-likeness (QED) is 0.597. The Hall–Kier alpha value is -2.09. The smallest absolute Gasteiger partial charge is 0.340 e. The summed E-state index contributed by atoms with van der Waals surface area (Å²) in [7, 11) is 4.18. The number of ether oxygens (including phenoxy) is 3. The Morgan fingerprint density at radius 2 is 1.68 bits per heavy atom. The zero-order valence-electron chi connectivity index (χ0n) is 15.5. The molecule has 1 N–H and O–H groups in total. The number of carbonyl (C=O) groups excluding carboxylic acids is 2. The first-order valence-corrected chi connectivity index (χ1v) is 9.96. The molecule has 0 heterocycles. The predicted molar refractivity (Wildman–Crippen MR) is 112 cm³/mol. The molecule has 0 atom stereocenters. The summed E-state index contributed by atoms with van der Waals surface area (Å²) in [4.78, 5) is 24.4. The van der Waals surface area contributed by atoms with Gasteiger partial charge in [0.05, 0.1) is 48.4 Å². The van der Waals surface area contributed by atoms with E-state index in [0.717, 1.165) is 5.56 Å². The van der Waals surface area contributed by atoms with Crippen LogP contribution in [0.1, 0.15) is 15.9 Å². The fraction of sp³-hybridized carbons (Fsp3) is 0.263. The molecule has 2 aromatic rings. The van der Waals surface area contributed by atoms with Crippen molar-refractivity contribution < 1.29 is 23.8 Å². The van der Waals surface area contributed by atoms with Crippen molar-refractivity contribution in [2.45, 2.75) is 5.75 Å². The van der Waals surface area contributed by atoms with E-state index >= 15 is 0 Å². The van der Waals surface area contributed by atoms with Gasteiger partial charge in [0, 0.05) is 17.9 Å². The fourth-order valence-corrected chi connectivity index (χ4v) is 3.43. The van der Waals surface area contributed by atoms with Crippen LogP contribution in [-0.2, 0) is 15.3 Å². The van der Waals surface area contributed by atoms with Gasteiger partial charge in [-0.05, 0) is 17.7 Å². The van der Waals surface area contributed by atoms with Gasteiger partial charge in [-0.2, -0.15) is 0 Å². The molecule has 0 saturated heterocycles. The van der Waals surface area contributed by atoms with Gasteiger partial charge < -0.3 is 19.5 Å². The molecule has 1 amide bonds. The molecule has 0 spiro atoms.